The molecule has 0 saturated carbocycles. The molecule has 3 saturated heterocycles. The fraction of sp³-hybridized carbons (Fsp3) is 0.517. The predicted octanol–water partition coefficient (Wildman–Crippen LogP) is 5.57. The molecule has 3 aliphatic rings. The largest absolute Gasteiger partial charge is 0.473 e. The topological polar surface area (TPSA) is 76.2 Å². The molecule has 5 rings (SSSR count). The third-order valence-electron chi connectivity index (χ3n) is 7.74. The first-order chi connectivity index (χ1) is 19.2. The molecule has 8 nitrogen and oxygen atoms in total. The van der Waals surface area contributed by atoms with Crippen molar-refractivity contribution in [2.75, 3.05) is 62.8 Å². The SMILES string of the molecule is C/C(=C1/CCN(C(=O)Nc2ccc(C)c(-c3cnc(OC4CCOCC4)c(N4CCOCC4)c3)c2)C1)C(F)(F)F. The number of nitrogens with zero attached hydrogens (tertiary/aromatic N) is 3. The summed E-state index contributed by atoms with van der Waals surface area (Å²) in [5.41, 5.74) is 3.86. The van der Waals surface area contributed by atoms with E-state index in [1.54, 1.807) is 12.3 Å². The molecule has 2 aromatic rings. The summed E-state index contributed by atoms with van der Waals surface area (Å²) in [5.74, 6) is 0.590. The van der Waals surface area contributed by atoms with Crippen LogP contribution in [0.1, 0.15) is 31.7 Å². The monoisotopic (exact) mass is 560 g/mol. The molecule has 0 atom stereocenters. The second kappa shape index (κ2) is 12.1. The number of ether oxygens (including phenoxy) is 3. The van der Waals surface area contributed by atoms with Crippen LogP contribution in [-0.2, 0) is 9.47 Å². The number of likely N-dealkylation sites (tertiary alicyclic amines) is 1. The van der Waals surface area contributed by atoms with E-state index in [-0.39, 0.29) is 31.2 Å². The number of anilines is 2. The van der Waals surface area contributed by atoms with Gasteiger partial charge in [0.05, 0.1) is 26.4 Å². The fourth-order valence-electron chi connectivity index (χ4n) is 5.21. The van der Waals surface area contributed by atoms with Crippen LogP contribution in [0.25, 0.3) is 11.1 Å². The number of allylic oxidation sites excluding steroid dienone is 1. The number of hydrogen-bond donors (Lipinski definition) is 1. The molecule has 0 spiro atoms. The predicted molar refractivity (Wildman–Crippen MR) is 146 cm³/mol. The van der Waals surface area contributed by atoms with Crippen LogP contribution in [0, 0.1) is 6.92 Å². The number of benzene rings is 1. The van der Waals surface area contributed by atoms with Gasteiger partial charge < -0.3 is 29.3 Å². The molecule has 0 aliphatic carbocycles. The second-order valence-corrected chi connectivity index (χ2v) is 10.4. The first kappa shape index (κ1) is 28.2. The van der Waals surface area contributed by atoms with Gasteiger partial charge in [0, 0.05) is 62.0 Å². The van der Waals surface area contributed by atoms with Crippen LogP contribution >= 0.6 is 0 Å². The molecule has 216 valence electrons. The molecule has 1 aromatic heterocycles. The summed E-state index contributed by atoms with van der Waals surface area (Å²) in [5, 5.41) is 2.86. The van der Waals surface area contributed by atoms with E-state index in [1.165, 1.54) is 4.90 Å². The van der Waals surface area contributed by atoms with Crippen molar-refractivity contribution in [1.29, 1.82) is 0 Å². The normalized spacial score (nSPS) is 20.0. The van der Waals surface area contributed by atoms with Crippen molar-refractivity contribution in [3.63, 3.8) is 0 Å². The van der Waals surface area contributed by atoms with E-state index in [2.05, 4.69) is 16.3 Å². The van der Waals surface area contributed by atoms with Gasteiger partial charge in [-0.25, -0.2) is 9.78 Å². The molecule has 0 bridgehead atoms. The van der Waals surface area contributed by atoms with E-state index in [9.17, 15) is 18.0 Å². The average molecular weight is 561 g/mol. The minimum Gasteiger partial charge on any atom is -0.473 e. The van der Waals surface area contributed by atoms with Gasteiger partial charge in [0.25, 0.3) is 0 Å². The molecular formula is C29H35F3N4O4. The minimum absolute atomic E-state index is 0.0305. The Bertz CT molecular complexity index is 1250. The molecular weight excluding hydrogens is 525 g/mol. The van der Waals surface area contributed by atoms with Crippen molar-refractivity contribution in [2.45, 2.75) is 45.4 Å². The van der Waals surface area contributed by atoms with Crippen molar-refractivity contribution >= 4 is 17.4 Å². The molecule has 11 heteroatoms. The minimum atomic E-state index is -4.38. The number of halogens is 3. The number of carbonyl (C=O) groups excluding carboxylic acids is 1. The highest BCUT2D eigenvalue weighted by molar-refractivity contribution is 5.91. The number of amides is 2. The Morgan fingerprint density at radius 3 is 2.52 bits per heavy atom. The Morgan fingerprint density at radius 2 is 1.80 bits per heavy atom. The van der Waals surface area contributed by atoms with Gasteiger partial charge in [0.1, 0.15) is 11.8 Å². The van der Waals surface area contributed by atoms with Crippen LogP contribution in [0.15, 0.2) is 41.6 Å². The number of pyridine rings is 1. The lowest BCUT2D eigenvalue weighted by molar-refractivity contribution is -0.0922. The van der Waals surface area contributed by atoms with Crippen molar-refractivity contribution in [1.82, 2.24) is 9.88 Å². The standard InChI is InChI=1S/C29H35F3N4O4/c1-19-3-4-23(34-28(37)36-8-5-21(18-36)20(2)29(30,31)32)16-25(19)22-15-26(35-9-13-39-14-10-35)27(33-17-22)40-24-6-11-38-12-7-24/h3-4,15-17,24H,5-14,18H2,1-2H3,(H,34,37)/b21-20+. The van der Waals surface area contributed by atoms with E-state index >= 15 is 0 Å². The highest BCUT2D eigenvalue weighted by atomic mass is 19.4. The van der Waals surface area contributed by atoms with Gasteiger partial charge in [-0.05, 0) is 55.2 Å². The van der Waals surface area contributed by atoms with E-state index in [0.29, 0.717) is 38.0 Å². The van der Waals surface area contributed by atoms with E-state index in [4.69, 9.17) is 19.2 Å². The summed E-state index contributed by atoms with van der Waals surface area (Å²) >= 11 is 0. The molecule has 3 fully saturated rings. The first-order valence-electron chi connectivity index (χ1n) is 13.7. The number of aromatic nitrogens is 1. The quantitative estimate of drug-likeness (QED) is 0.482. The highest BCUT2D eigenvalue weighted by Crippen LogP contribution is 2.36. The highest BCUT2D eigenvalue weighted by Gasteiger charge is 2.35. The van der Waals surface area contributed by atoms with Crippen LogP contribution in [0.4, 0.5) is 29.3 Å². The molecule has 3 aliphatic heterocycles. The number of hydrogen-bond acceptors (Lipinski definition) is 6. The summed E-state index contributed by atoms with van der Waals surface area (Å²) < 4.78 is 56.7. The van der Waals surface area contributed by atoms with Gasteiger partial charge in [-0.1, -0.05) is 6.07 Å². The average Bonchev–Trinajstić information content (AvgIpc) is 3.45. The van der Waals surface area contributed by atoms with Crippen molar-refractivity contribution in [2.24, 2.45) is 0 Å². The van der Waals surface area contributed by atoms with E-state index in [1.807, 2.05) is 19.1 Å². The van der Waals surface area contributed by atoms with Gasteiger partial charge in [-0.15, -0.1) is 0 Å². The summed E-state index contributed by atoms with van der Waals surface area (Å²) in [4.78, 5) is 21.3. The smallest absolute Gasteiger partial charge is 0.412 e. The lowest BCUT2D eigenvalue weighted by Gasteiger charge is -2.31. The molecule has 1 aromatic carbocycles. The zero-order chi connectivity index (χ0) is 28.3. The number of urea groups is 1. The zero-order valence-electron chi connectivity index (χ0n) is 22.9. The maximum absolute atomic E-state index is 13.1. The molecule has 40 heavy (non-hydrogen) atoms. The van der Waals surface area contributed by atoms with Crippen LogP contribution in [0.5, 0.6) is 5.88 Å². The van der Waals surface area contributed by atoms with Crippen LogP contribution < -0.4 is 15.0 Å². The van der Waals surface area contributed by atoms with E-state index in [0.717, 1.165) is 55.2 Å². The van der Waals surface area contributed by atoms with Gasteiger partial charge in [0.2, 0.25) is 5.88 Å². The number of nitrogens with one attached hydrogen (secondary N) is 1. The van der Waals surface area contributed by atoms with Crippen molar-refractivity contribution in [3.8, 4) is 17.0 Å². The Balaban J connectivity index is 1.36. The van der Waals surface area contributed by atoms with E-state index < -0.39 is 17.8 Å². The molecule has 2 amide bonds. The first-order valence-corrected chi connectivity index (χ1v) is 13.7. The Kier molecular flexibility index (Phi) is 8.51. The number of carbonyl (C=O) groups is 1. The lowest BCUT2D eigenvalue weighted by Crippen LogP contribution is -2.37. The molecule has 0 unspecified atom stereocenters. The molecule has 0 radical (unpaired) electrons. The van der Waals surface area contributed by atoms with Crippen molar-refractivity contribution in [3.05, 3.63) is 47.2 Å². The third-order valence-corrected chi connectivity index (χ3v) is 7.74. The summed E-state index contributed by atoms with van der Waals surface area (Å²) in [6, 6.07) is 7.23. The summed E-state index contributed by atoms with van der Waals surface area (Å²) in [6.07, 6.45) is -0.700. The van der Waals surface area contributed by atoms with Crippen molar-refractivity contribution < 1.29 is 32.2 Å². The van der Waals surface area contributed by atoms with Crippen LogP contribution in [0.3, 0.4) is 0 Å². The van der Waals surface area contributed by atoms with Crippen LogP contribution in [-0.4, -0.2) is 80.8 Å². The summed E-state index contributed by atoms with van der Waals surface area (Å²) in [6.45, 7) is 7.31. The Hall–Kier alpha value is -3.31. The number of alkyl halides is 3. The third kappa shape index (κ3) is 6.52. The van der Waals surface area contributed by atoms with Gasteiger partial charge in [-0.2, -0.15) is 13.2 Å². The maximum atomic E-state index is 13.1. The Labute approximate surface area is 232 Å². The maximum Gasteiger partial charge on any atom is 0.412 e. The number of rotatable bonds is 5. The van der Waals surface area contributed by atoms with Crippen LogP contribution in [0.2, 0.25) is 0 Å². The number of aryl methyl sites for hydroxylation is 1. The molecule has 1 N–H and O–H groups in total. The zero-order valence-corrected chi connectivity index (χ0v) is 22.9. The lowest BCUT2D eigenvalue weighted by atomic mass is 10.0. The number of morpholine rings is 1. The molecule has 4 heterocycles. The van der Waals surface area contributed by atoms with Gasteiger partial charge in [-0.3, -0.25) is 0 Å². The van der Waals surface area contributed by atoms with Gasteiger partial charge >= 0.3 is 12.2 Å². The Morgan fingerprint density at radius 1 is 1.07 bits per heavy atom. The summed E-state index contributed by atoms with van der Waals surface area (Å²) in [7, 11) is 0. The van der Waals surface area contributed by atoms with Gasteiger partial charge in [0.15, 0.2) is 0 Å². The fourth-order valence-corrected chi connectivity index (χ4v) is 5.21. The second-order valence-electron chi connectivity index (χ2n) is 10.4.